The molecule has 1 saturated heterocycles. The van der Waals surface area contributed by atoms with Crippen molar-refractivity contribution in [3.8, 4) is 0 Å². The first-order chi connectivity index (χ1) is 12.6. The smallest absolute Gasteiger partial charge is 0.355 e. The Morgan fingerprint density at radius 3 is 2.22 bits per heavy atom. The summed E-state index contributed by atoms with van der Waals surface area (Å²) >= 11 is 0. The number of alkyl halides is 3. The third kappa shape index (κ3) is 9.30. The topological polar surface area (TPSA) is 60.0 Å². The normalized spacial score (nSPS) is 18.1. The largest absolute Gasteiger partial charge is 0.406 e. The van der Waals surface area contributed by atoms with Gasteiger partial charge in [0.25, 0.3) is 0 Å². The Labute approximate surface area is 160 Å². The second kappa shape index (κ2) is 11.4. The average molecular weight is 393 g/mol. The summed E-state index contributed by atoms with van der Waals surface area (Å²) in [6, 6.07) is 0.338. The summed E-state index contributed by atoms with van der Waals surface area (Å²) in [5, 5.41) is 6.02. The molecule has 1 fully saturated rings. The van der Waals surface area contributed by atoms with E-state index in [1.165, 1.54) is 25.7 Å². The summed E-state index contributed by atoms with van der Waals surface area (Å²) in [4.78, 5) is 19.1. The van der Waals surface area contributed by atoms with E-state index in [4.69, 9.17) is 0 Å². The summed E-state index contributed by atoms with van der Waals surface area (Å²) in [6.45, 7) is 5.71. The molecule has 0 aromatic rings. The Kier molecular flexibility index (Phi) is 9.90. The van der Waals surface area contributed by atoms with E-state index in [1.54, 1.807) is 7.05 Å². The maximum atomic E-state index is 12.4. The van der Waals surface area contributed by atoms with Crippen LogP contribution in [0.5, 0.6) is 0 Å². The minimum absolute atomic E-state index is 0.234. The predicted molar refractivity (Wildman–Crippen MR) is 102 cm³/mol. The molecule has 1 amide bonds. The van der Waals surface area contributed by atoms with Crippen molar-refractivity contribution in [1.29, 1.82) is 0 Å². The predicted octanol–water partition coefficient (Wildman–Crippen LogP) is 2.07. The van der Waals surface area contributed by atoms with E-state index in [2.05, 4.69) is 34.4 Å². The molecule has 1 atom stereocenters. The number of guanidine groups is 1. The molecule has 1 unspecified atom stereocenters. The molecule has 1 rings (SSSR count). The number of hydrogen-bond donors (Lipinski definition) is 2. The van der Waals surface area contributed by atoms with Crippen LogP contribution in [0.2, 0.25) is 0 Å². The lowest BCUT2D eigenvalue weighted by atomic mass is 10.0. The molecule has 0 radical (unpaired) electrons. The summed E-state index contributed by atoms with van der Waals surface area (Å²) in [7, 11) is 2.72. The van der Waals surface area contributed by atoms with Gasteiger partial charge in [-0.2, -0.15) is 13.2 Å². The molecule has 9 heteroatoms. The molecule has 0 saturated carbocycles. The maximum Gasteiger partial charge on any atom is 0.406 e. The Bertz CT molecular complexity index is 474. The van der Waals surface area contributed by atoms with Crippen molar-refractivity contribution in [2.24, 2.45) is 10.9 Å². The highest BCUT2D eigenvalue weighted by Gasteiger charge is 2.31. The molecular formula is C18H34F3N5O. The second-order valence-electron chi connectivity index (χ2n) is 7.43. The molecule has 0 bridgehead atoms. The van der Waals surface area contributed by atoms with Gasteiger partial charge in [-0.15, -0.1) is 0 Å². The molecule has 0 spiro atoms. The second-order valence-corrected chi connectivity index (χ2v) is 7.43. The highest BCUT2D eigenvalue weighted by molar-refractivity contribution is 5.86. The maximum absolute atomic E-state index is 12.4. The van der Waals surface area contributed by atoms with Crippen LogP contribution in [0.25, 0.3) is 0 Å². The molecule has 2 N–H and O–H groups in total. The zero-order chi connectivity index (χ0) is 20.4. The number of halogens is 3. The zero-order valence-corrected chi connectivity index (χ0v) is 16.9. The molecular weight excluding hydrogens is 359 g/mol. The zero-order valence-electron chi connectivity index (χ0n) is 16.9. The van der Waals surface area contributed by atoms with Crippen LogP contribution >= 0.6 is 0 Å². The molecule has 0 aromatic carbocycles. The Morgan fingerprint density at radius 1 is 1.15 bits per heavy atom. The van der Waals surface area contributed by atoms with Crippen molar-refractivity contribution in [2.45, 2.75) is 51.7 Å². The van der Waals surface area contributed by atoms with E-state index in [0.29, 0.717) is 29.4 Å². The average Bonchev–Trinajstić information content (AvgIpc) is 2.85. The first kappa shape index (κ1) is 23.5. The van der Waals surface area contributed by atoms with Gasteiger partial charge in [0.05, 0.1) is 6.54 Å². The van der Waals surface area contributed by atoms with Gasteiger partial charge in [0.15, 0.2) is 5.96 Å². The van der Waals surface area contributed by atoms with Crippen LogP contribution in [0, 0.1) is 5.92 Å². The first-order valence-corrected chi connectivity index (χ1v) is 9.63. The number of nitrogens with one attached hydrogen (secondary N) is 2. The van der Waals surface area contributed by atoms with Crippen LogP contribution in [-0.4, -0.2) is 80.7 Å². The number of nitrogens with zero attached hydrogens (tertiary/aromatic N) is 3. The standard InChI is InChI=1S/C18H34F3N5O/c1-14(2)15(26-9-7-5-6-8-10-26)11-23-17(22-3)24-12-16(27)25(4)13-18(19,20)21/h14-15H,5-13H2,1-4H3,(H2,22,23,24). The number of hydrogen-bond acceptors (Lipinski definition) is 3. The van der Waals surface area contributed by atoms with Crippen molar-refractivity contribution in [3.63, 3.8) is 0 Å². The van der Waals surface area contributed by atoms with Gasteiger partial charge in [0.2, 0.25) is 5.91 Å². The third-order valence-electron chi connectivity index (χ3n) is 4.83. The van der Waals surface area contributed by atoms with Crippen molar-refractivity contribution in [1.82, 2.24) is 20.4 Å². The van der Waals surface area contributed by atoms with E-state index >= 15 is 0 Å². The number of aliphatic imine (C=N–C) groups is 1. The van der Waals surface area contributed by atoms with Gasteiger partial charge in [-0.25, -0.2) is 0 Å². The van der Waals surface area contributed by atoms with Crippen molar-refractivity contribution >= 4 is 11.9 Å². The minimum Gasteiger partial charge on any atom is -0.355 e. The van der Waals surface area contributed by atoms with E-state index in [1.807, 2.05) is 0 Å². The van der Waals surface area contributed by atoms with Gasteiger partial charge in [-0.05, 0) is 31.8 Å². The van der Waals surface area contributed by atoms with Crippen LogP contribution in [0.15, 0.2) is 4.99 Å². The Balaban J connectivity index is 2.50. The lowest BCUT2D eigenvalue weighted by Crippen LogP contribution is -2.51. The van der Waals surface area contributed by atoms with Gasteiger partial charge in [-0.1, -0.05) is 26.7 Å². The molecule has 0 aliphatic carbocycles. The molecule has 27 heavy (non-hydrogen) atoms. The van der Waals surface area contributed by atoms with Crippen LogP contribution in [0.4, 0.5) is 13.2 Å². The number of rotatable bonds is 7. The van der Waals surface area contributed by atoms with Crippen LogP contribution < -0.4 is 10.6 Å². The summed E-state index contributed by atoms with van der Waals surface area (Å²) in [6.07, 6.45) is 0.547. The van der Waals surface area contributed by atoms with E-state index in [-0.39, 0.29) is 6.54 Å². The number of amides is 1. The Hall–Kier alpha value is -1.51. The van der Waals surface area contributed by atoms with Crippen molar-refractivity contribution in [2.75, 3.05) is 46.8 Å². The summed E-state index contributed by atoms with van der Waals surface area (Å²) in [5.74, 6) is 0.237. The first-order valence-electron chi connectivity index (χ1n) is 9.63. The minimum atomic E-state index is -4.40. The van der Waals surface area contributed by atoms with E-state index in [0.717, 1.165) is 20.1 Å². The fourth-order valence-electron chi connectivity index (χ4n) is 3.29. The fourth-order valence-corrected chi connectivity index (χ4v) is 3.29. The van der Waals surface area contributed by atoms with Gasteiger partial charge < -0.3 is 15.5 Å². The quantitative estimate of drug-likeness (QED) is 0.514. The third-order valence-corrected chi connectivity index (χ3v) is 4.83. The molecule has 1 heterocycles. The number of likely N-dealkylation sites (N-methyl/N-ethyl adjacent to an activating group) is 1. The molecule has 1 aliphatic rings. The van der Waals surface area contributed by atoms with Crippen LogP contribution in [0.3, 0.4) is 0 Å². The molecule has 1 aliphatic heterocycles. The highest BCUT2D eigenvalue weighted by atomic mass is 19.4. The summed E-state index contributed by atoms with van der Waals surface area (Å²) < 4.78 is 37.1. The van der Waals surface area contributed by atoms with Gasteiger partial charge in [0, 0.05) is 26.7 Å². The van der Waals surface area contributed by atoms with Crippen molar-refractivity contribution in [3.05, 3.63) is 0 Å². The Morgan fingerprint density at radius 2 is 1.74 bits per heavy atom. The fraction of sp³-hybridized carbons (Fsp3) is 0.889. The lowest BCUT2D eigenvalue weighted by molar-refractivity contribution is -0.157. The number of carbonyl (C=O) groups excluding carboxylic acids is 1. The lowest BCUT2D eigenvalue weighted by Gasteiger charge is -2.34. The van der Waals surface area contributed by atoms with Gasteiger partial charge >= 0.3 is 6.18 Å². The SMILES string of the molecule is CN=C(NCC(=O)N(C)CC(F)(F)F)NCC(C(C)C)N1CCCCCC1. The van der Waals surface area contributed by atoms with Gasteiger partial charge in [0.1, 0.15) is 6.54 Å². The highest BCUT2D eigenvalue weighted by Crippen LogP contribution is 2.17. The van der Waals surface area contributed by atoms with E-state index < -0.39 is 18.6 Å². The number of carbonyl (C=O) groups is 1. The van der Waals surface area contributed by atoms with Gasteiger partial charge in [-0.3, -0.25) is 14.7 Å². The molecule has 158 valence electrons. The van der Waals surface area contributed by atoms with Crippen LogP contribution in [-0.2, 0) is 4.79 Å². The van der Waals surface area contributed by atoms with Crippen LogP contribution in [0.1, 0.15) is 39.5 Å². The molecule has 6 nitrogen and oxygen atoms in total. The monoisotopic (exact) mass is 393 g/mol. The van der Waals surface area contributed by atoms with E-state index in [9.17, 15) is 18.0 Å². The summed E-state index contributed by atoms with van der Waals surface area (Å²) in [5.41, 5.74) is 0. The molecule has 0 aromatic heterocycles. The number of likely N-dealkylation sites (tertiary alicyclic amines) is 1. The van der Waals surface area contributed by atoms with Crippen molar-refractivity contribution < 1.29 is 18.0 Å².